The van der Waals surface area contributed by atoms with Gasteiger partial charge in [0, 0.05) is 5.69 Å². The van der Waals surface area contributed by atoms with Gasteiger partial charge in [0.15, 0.2) is 0 Å². The molecule has 1 aliphatic rings. The molecule has 0 radical (unpaired) electrons. The van der Waals surface area contributed by atoms with Gasteiger partial charge in [-0.25, -0.2) is 0 Å². The Bertz CT molecular complexity index is 465. The fourth-order valence-electron chi connectivity index (χ4n) is 3.01. The highest BCUT2D eigenvalue weighted by Crippen LogP contribution is 2.37. The number of anilines is 1. The summed E-state index contributed by atoms with van der Waals surface area (Å²) in [6.07, 6.45) is 4.12. The molecule has 0 bridgehead atoms. The van der Waals surface area contributed by atoms with Gasteiger partial charge in [-0.05, 0) is 61.8 Å². The van der Waals surface area contributed by atoms with E-state index in [0.717, 1.165) is 43.0 Å². The van der Waals surface area contributed by atoms with E-state index in [4.69, 9.17) is 4.74 Å². The van der Waals surface area contributed by atoms with Crippen LogP contribution < -0.4 is 10.1 Å². The number of rotatable bonds is 4. The minimum Gasteiger partial charge on any atom is -0.497 e. The zero-order chi connectivity index (χ0) is 14.6. The van der Waals surface area contributed by atoms with Gasteiger partial charge in [-0.15, -0.1) is 0 Å². The molecule has 108 valence electrons. The summed E-state index contributed by atoms with van der Waals surface area (Å²) in [5.41, 5.74) is 0.593. The molecule has 3 nitrogen and oxygen atoms in total. The van der Waals surface area contributed by atoms with Gasteiger partial charge in [-0.1, -0.05) is 13.8 Å². The molecular weight excluding hydrogens is 248 g/mol. The van der Waals surface area contributed by atoms with Crippen LogP contribution in [0, 0.1) is 23.2 Å². The van der Waals surface area contributed by atoms with E-state index in [1.807, 2.05) is 24.3 Å². The molecule has 3 heteroatoms. The lowest BCUT2D eigenvalue weighted by molar-refractivity contribution is 0.239. The van der Waals surface area contributed by atoms with Gasteiger partial charge in [0.25, 0.3) is 0 Å². The standard InChI is InChI=1S/C17H24N2O/c1-13(2)14-8-10-17(12-18,11-9-14)19-15-4-6-16(20-3)7-5-15/h4-7,13-14,19H,8-11H2,1-3H3. The lowest BCUT2D eigenvalue weighted by Crippen LogP contribution is -2.41. The van der Waals surface area contributed by atoms with Crippen LogP contribution in [0.5, 0.6) is 5.75 Å². The summed E-state index contributed by atoms with van der Waals surface area (Å²) in [4.78, 5) is 0. The molecule has 0 unspecified atom stereocenters. The lowest BCUT2D eigenvalue weighted by Gasteiger charge is -2.37. The van der Waals surface area contributed by atoms with Crippen LogP contribution in [0.1, 0.15) is 39.5 Å². The fourth-order valence-corrected chi connectivity index (χ4v) is 3.01. The maximum absolute atomic E-state index is 9.59. The molecule has 2 rings (SSSR count). The average molecular weight is 272 g/mol. The van der Waals surface area contributed by atoms with Crippen LogP contribution >= 0.6 is 0 Å². The highest BCUT2D eigenvalue weighted by atomic mass is 16.5. The largest absolute Gasteiger partial charge is 0.497 e. The van der Waals surface area contributed by atoms with Gasteiger partial charge in [-0.3, -0.25) is 0 Å². The Kier molecular flexibility index (Phi) is 4.54. The Labute approximate surface area is 121 Å². The van der Waals surface area contributed by atoms with Crippen molar-refractivity contribution in [3.05, 3.63) is 24.3 Å². The Balaban J connectivity index is 2.04. The van der Waals surface area contributed by atoms with Crippen LogP contribution in [0.4, 0.5) is 5.69 Å². The summed E-state index contributed by atoms with van der Waals surface area (Å²) < 4.78 is 5.16. The topological polar surface area (TPSA) is 45.0 Å². The predicted molar refractivity (Wildman–Crippen MR) is 81.8 cm³/mol. The van der Waals surface area contributed by atoms with E-state index in [1.165, 1.54) is 0 Å². The SMILES string of the molecule is COc1ccc(NC2(C#N)CCC(C(C)C)CC2)cc1. The third-order valence-electron chi connectivity index (χ3n) is 4.51. The predicted octanol–water partition coefficient (Wildman–Crippen LogP) is 4.22. The minimum absolute atomic E-state index is 0.403. The first kappa shape index (κ1) is 14.7. The molecule has 0 saturated heterocycles. The van der Waals surface area contributed by atoms with Crippen molar-refractivity contribution in [1.29, 1.82) is 5.26 Å². The van der Waals surface area contributed by atoms with Crippen LogP contribution in [-0.4, -0.2) is 12.6 Å². The van der Waals surface area contributed by atoms with E-state index in [2.05, 4.69) is 25.2 Å². The molecule has 1 saturated carbocycles. The minimum atomic E-state index is -0.403. The van der Waals surface area contributed by atoms with E-state index >= 15 is 0 Å². The fraction of sp³-hybridized carbons (Fsp3) is 0.588. The summed E-state index contributed by atoms with van der Waals surface area (Å²) in [6.45, 7) is 4.56. The molecule has 1 fully saturated rings. The van der Waals surface area contributed by atoms with Crippen molar-refractivity contribution in [1.82, 2.24) is 0 Å². The number of nitrogens with zero attached hydrogens (tertiary/aromatic N) is 1. The molecular formula is C17H24N2O. The molecule has 0 atom stereocenters. The third kappa shape index (κ3) is 3.25. The maximum Gasteiger partial charge on any atom is 0.125 e. The van der Waals surface area contributed by atoms with Crippen LogP contribution in [0.2, 0.25) is 0 Å². The smallest absolute Gasteiger partial charge is 0.125 e. The summed E-state index contributed by atoms with van der Waals surface area (Å²) >= 11 is 0. The quantitative estimate of drug-likeness (QED) is 0.892. The first-order valence-electron chi connectivity index (χ1n) is 7.42. The molecule has 20 heavy (non-hydrogen) atoms. The molecule has 0 heterocycles. The Morgan fingerprint density at radius 3 is 2.30 bits per heavy atom. The number of ether oxygens (including phenoxy) is 1. The van der Waals surface area contributed by atoms with Gasteiger partial charge in [0.05, 0.1) is 13.2 Å². The molecule has 0 amide bonds. The first-order chi connectivity index (χ1) is 9.58. The molecule has 1 N–H and O–H groups in total. The Morgan fingerprint density at radius 2 is 1.85 bits per heavy atom. The van der Waals surface area contributed by atoms with Gasteiger partial charge >= 0.3 is 0 Å². The second-order valence-electron chi connectivity index (χ2n) is 6.13. The van der Waals surface area contributed by atoms with Gasteiger partial charge in [-0.2, -0.15) is 5.26 Å². The van der Waals surface area contributed by atoms with Crippen LogP contribution in [0.15, 0.2) is 24.3 Å². The Hall–Kier alpha value is -1.69. The highest BCUT2D eigenvalue weighted by molar-refractivity contribution is 5.50. The maximum atomic E-state index is 9.59. The number of hydrogen-bond donors (Lipinski definition) is 1. The molecule has 0 spiro atoms. The van der Waals surface area contributed by atoms with E-state index in [0.29, 0.717) is 5.92 Å². The number of methoxy groups -OCH3 is 1. The van der Waals surface area contributed by atoms with Crippen molar-refractivity contribution in [3.8, 4) is 11.8 Å². The van der Waals surface area contributed by atoms with Gasteiger partial charge in [0.2, 0.25) is 0 Å². The molecule has 0 aliphatic heterocycles. The van der Waals surface area contributed by atoms with Crippen LogP contribution in [-0.2, 0) is 0 Å². The van der Waals surface area contributed by atoms with Crippen molar-refractivity contribution in [3.63, 3.8) is 0 Å². The molecule has 1 aromatic rings. The van der Waals surface area contributed by atoms with E-state index in [-0.39, 0.29) is 0 Å². The summed E-state index contributed by atoms with van der Waals surface area (Å²) in [5, 5.41) is 13.0. The second kappa shape index (κ2) is 6.17. The third-order valence-corrected chi connectivity index (χ3v) is 4.51. The normalized spacial score (nSPS) is 26.1. The van der Waals surface area contributed by atoms with Crippen molar-refractivity contribution < 1.29 is 4.74 Å². The second-order valence-corrected chi connectivity index (χ2v) is 6.13. The van der Waals surface area contributed by atoms with Crippen LogP contribution in [0.3, 0.4) is 0 Å². The zero-order valence-corrected chi connectivity index (χ0v) is 12.6. The van der Waals surface area contributed by atoms with E-state index in [9.17, 15) is 5.26 Å². The average Bonchev–Trinajstić information content (AvgIpc) is 2.48. The summed E-state index contributed by atoms with van der Waals surface area (Å²) in [5.74, 6) is 2.31. The Morgan fingerprint density at radius 1 is 1.25 bits per heavy atom. The summed E-state index contributed by atoms with van der Waals surface area (Å²) in [6, 6.07) is 10.3. The monoisotopic (exact) mass is 272 g/mol. The lowest BCUT2D eigenvalue weighted by atomic mass is 9.73. The van der Waals surface area contributed by atoms with Crippen molar-refractivity contribution in [2.45, 2.75) is 45.1 Å². The molecule has 1 aliphatic carbocycles. The summed E-state index contributed by atoms with van der Waals surface area (Å²) in [7, 11) is 1.66. The van der Waals surface area contributed by atoms with Gasteiger partial charge < -0.3 is 10.1 Å². The number of benzene rings is 1. The highest BCUT2D eigenvalue weighted by Gasteiger charge is 2.36. The first-order valence-corrected chi connectivity index (χ1v) is 7.42. The number of nitriles is 1. The van der Waals surface area contributed by atoms with Crippen molar-refractivity contribution >= 4 is 5.69 Å². The van der Waals surface area contributed by atoms with Crippen molar-refractivity contribution in [2.24, 2.45) is 11.8 Å². The van der Waals surface area contributed by atoms with E-state index in [1.54, 1.807) is 7.11 Å². The number of nitrogens with one attached hydrogen (secondary N) is 1. The van der Waals surface area contributed by atoms with Crippen LogP contribution in [0.25, 0.3) is 0 Å². The van der Waals surface area contributed by atoms with E-state index < -0.39 is 5.54 Å². The van der Waals surface area contributed by atoms with Gasteiger partial charge in [0.1, 0.15) is 11.3 Å². The molecule has 1 aromatic carbocycles. The van der Waals surface area contributed by atoms with Crippen molar-refractivity contribution in [2.75, 3.05) is 12.4 Å². The zero-order valence-electron chi connectivity index (χ0n) is 12.6. The molecule has 0 aromatic heterocycles. The number of hydrogen-bond acceptors (Lipinski definition) is 3.